The van der Waals surface area contributed by atoms with Crippen LogP contribution in [0.4, 0.5) is 4.79 Å². The molecule has 0 fully saturated rings. The van der Waals surface area contributed by atoms with Gasteiger partial charge in [-0.05, 0) is 37.0 Å². The monoisotopic (exact) mass is 342 g/mol. The fraction of sp³-hybridized carbons (Fsp3) is 0.438. The van der Waals surface area contributed by atoms with Gasteiger partial charge in [0.1, 0.15) is 0 Å². The number of carbonyl (C=O) groups excluding carboxylic acids is 1. The first-order chi connectivity index (χ1) is 10.6. The molecule has 0 saturated heterocycles. The fourth-order valence-electron chi connectivity index (χ4n) is 2.43. The Morgan fingerprint density at radius 1 is 1.27 bits per heavy atom. The van der Waals surface area contributed by atoms with Gasteiger partial charge in [-0.1, -0.05) is 41.4 Å². The van der Waals surface area contributed by atoms with Crippen molar-refractivity contribution in [3.8, 4) is 0 Å². The Morgan fingerprint density at radius 3 is 2.77 bits per heavy atom. The molecule has 1 aromatic carbocycles. The van der Waals surface area contributed by atoms with Crippen molar-refractivity contribution in [2.45, 2.75) is 25.3 Å². The lowest BCUT2D eigenvalue weighted by Gasteiger charge is -2.13. The van der Waals surface area contributed by atoms with Crippen molar-refractivity contribution in [3.63, 3.8) is 0 Å². The third-order valence-corrected chi connectivity index (χ3v) is 4.37. The summed E-state index contributed by atoms with van der Waals surface area (Å²) in [4.78, 5) is 11.7. The van der Waals surface area contributed by atoms with Gasteiger partial charge in [-0.25, -0.2) is 4.79 Å². The van der Waals surface area contributed by atoms with Gasteiger partial charge in [0.25, 0.3) is 0 Å². The van der Waals surface area contributed by atoms with Crippen molar-refractivity contribution in [2.24, 2.45) is 5.92 Å². The smallest absolute Gasteiger partial charge is 0.315 e. The van der Waals surface area contributed by atoms with Gasteiger partial charge in [-0.3, -0.25) is 0 Å². The summed E-state index contributed by atoms with van der Waals surface area (Å²) in [6, 6.07) is 5.40. The van der Waals surface area contributed by atoms with Crippen LogP contribution in [0.2, 0.25) is 10.0 Å². The third kappa shape index (κ3) is 5.20. The lowest BCUT2D eigenvalue weighted by molar-refractivity contribution is 0.231. The number of halogens is 2. The Bertz CT molecular complexity index is 549. The average molecular weight is 343 g/mol. The minimum Gasteiger partial charge on any atom is -0.396 e. The number of aliphatic hydroxyl groups is 1. The standard InChI is InChI=1S/C16H20Cl2N2O2/c17-14-6-4-11(9-15(14)18)2-1-7-19-16(22)20-13-5-3-12(8-13)10-21/h3-6,9,12-13,21H,1-2,7-8,10H2,(H2,19,20,22)/t12-,13+/m0/s1. The molecule has 1 aliphatic rings. The van der Waals surface area contributed by atoms with Gasteiger partial charge in [-0.15, -0.1) is 0 Å². The van der Waals surface area contributed by atoms with Crippen molar-refractivity contribution >= 4 is 29.2 Å². The van der Waals surface area contributed by atoms with E-state index < -0.39 is 0 Å². The second-order valence-electron chi connectivity index (χ2n) is 5.42. The summed E-state index contributed by atoms with van der Waals surface area (Å²) in [5.74, 6) is 0.153. The Hall–Kier alpha value is -1.23. The van der Waals surface area contributed by atoms with Crippen LogP contribution in [0.5, 0.6) is 0 Å². The van der Waals surface area contributed by atoms with Crippen LogP contribution >= 0.6 is 23.2 Å². The molecule has 0 heterocycles. The molecule has 0 unspecified atom stereocenters. The highest BCUT2D eigenvalue weighted by Gasteiger charge is 2.19. The molecule has 6 heteroatoms. The van der Waals surface area contributed by atoms with Crippen molar-refractivity contribution in [1.82, 2.24) is 10.6 Å². The first-order valence-electron chi connectivity index (χ1n) is 7.36. The van der Waals surface area contributed by atoms with E-state index >= 15 is 0 Å². The van der Waals surface area contributed by atoms with Crippen LogP contribution in [0, 0.1) is 5.92 Å². The van der Waals surface area contributed by atoms with Crippen molar-refractivity contribution < 1.29 is 9.90 Å². The second kappa shape index (κ2) is 8.42. The van der Waals surface area contributed by atoms with Crippen LogP contribution in [-0.4, -0.2) is 30.3 Å². The van der Waals surface area contributed by atoms with Gasteiger partial charge < -0.3 is 15.7 Å². The number of aryl methyl sites for hydroxylation is 1. The molecular formula is C16H20Cl2N2O2. The minimum absolute atomic E-state index is 0.00669. The molecule has 0 aromatic heterocycles. The highest BCUT2D eigenvalue weighted by Crippen LogP contribution is 2.23. The number of hydrogen-bond acceptors (Lipinski definition) is 2. The number of amides is 2. The van der Waals surface area contributed by atoms with Gasteiger partial charge >= 0.3 is 6.03 Å². The first-order valence-corrected chi connectivity index (χ1v) is 8.11. The number of hydrogen-bond donors (Lipinski definition) is 3. The van der Waals surface area contributed by atoms with Gasteiger partial charge in [0.2, 0.25) is 0 Å². The molecule has 4 nitrogen and oxygen atoms in total. The van der Waals surface area contributed by atoms with E-state index in [0.29, 0.717) is 16.6 Å². The quantitative estimate of drug-likeness (QED) is 0.549. The van der Waals surface area contributed by atoms with Crippen LogP contribution in [-0.2, 0) is 6.42 Å². The van der Waals surface area contributed by atoms with E-state index in [1.165, 1.54) is 0 Å². The SMILES string of the molecule is O=C(NCCCc1ccc(Cl)c(Cl)c1)N[C@@H]1C=C[C@H](CO)C1. The molecule has 1 aliphatic carbocycles. The molecule has 120 valence electrons. The highest BCUT2D eigenvalue weighted by atomic mass is 35.5. The lowest BCUT2D eigenvalue weighted by Crippen LogP contribution is -2.41. The van der Waals surface area contributed by atoms with E-state index in [0.717, 1.165) is 24.8 Å². The van der Waals surface area contributed by atoms with Crippen molar-refractivity contribution in [3.05, 3.63) is 46.0 Å². The summed E-state index contributed by atoms with van der Waals surface area (Å²) in [6.07, 6.45) is 6.27. The predicted molar refractivity (Wildman–Crippen MR) is 89.4 cm³/mol. The number of urea groups is 1. The van der Waals surface area contributed by atoms with Crippen LogP contribution in [0.15, 0.2) is 30.4 Å². The largest absolute Gasteiger partial charge is 0.396 e. The summed E-state index contributed by atoms with van der Waals surface area (Å²) in [5, 5.41) is 15.8. The summed E-state index contributed by atoms with van der Waals surface area (Å²) >= 11 is 11.8. The Balaban J connectivity index is 1.63. The van der Waals surface area contributed by atoms with E-state index in [2.05, 4.69) is 10.6 Å². The Labute approximate surface area is 140 Å². The second-order valence-corrected chi connectivity index (χ2v) is 6.24. The van der Waals surface area contributed by atoms with Gasteiger partial charge in [-0.2, -0.15) is 0 Å². The number of carbonyl (C=O) groups is 1. The molecule has 0 bridgehead atoms. The molecule has 0 spiro atoms. The van der Waals surface area contributed by atoms with Gasteiger partial charge in [0, 0.05) is 25.1 Å². The maximum absolute atomic E-state index is 11.7. The number of nitrogens with one attached hydrogen (secondary N) is 2. The Kier molecular flexibility index (Phi) is 6.55. The number of benzene rings is 1. The van der Waals surface area contributed by atoms with E-state index in [9.17, 15) is 4.79 Å². The van der Waals surface area contributed by atoms with Crippen molar-refractivity contribution in [2.75, 3.05) is 13.2 Å². The topological polar surface area (TPSA) is 61.4 Å². The number of aliphatic hydroxyl groups excluding tert-OH is 1. The Morgan fingerprint density at radius 2 is 2.09 bits per heavy atom. The van der Waals surface area contributed by atoms with E-state index in [1.54, 1.807) is 6.07 Å². The summed E-state index contributed by atoms with van der Waals surface area (Å²) < 4.78 is 0. The maximum Gasteiger partial charge on any atom is 0.315 e. The van der Waals surface area contributed by atoms with Crippen LogP contribution in [0.25, 0.3) is 0 Å². The summed E-state index contributed by atoms with van der Waals surface area (Å²) in [5.41, 5.74) is 1.10. The normalized spacial score (nSPS) is 20.1. The molecule has 1 aromatic rings. The molecule has 2 atom stereocenters. The van der Waals surface area contributed by atoms with E-state index in [-0.39, 0.29) is 24.6 Å². The fourth-order valence-corrected chi connectivity index (χ4v) is 2.75. The molecule has 22 heavy (non-hydrogen) atoms. The van der Waals surface area contributed by atoms with Crippen LogP contribution in [0.1, 0.15) is 18.4 Å². The lowest BCUT2D eigenvalue weighted by atomic mass is 10.1. The van der Waals surface area contributed by atoms with Gasteiger partial charge in [0.05, 0.1) is 10.0 Å². The minimum atomic E-state index is -0.178. The zero-order chi connectivity index (χ0) is 15.9. The summed E-state index contributed by atoms with van der Waals surface area (Å²) in [6.45, 7) is 0.714. The predicted octanol–water partition coefficient (Wildman–Crippen LogP) is 3.16. The molecule has 0 radical (unpaired) electrons. The average Bonchev–Trinajstić information content (AvgIpc) is 2.95. The molecule has 0 aliphatic heterocycles. The number of rotatable bonds is 6. The molecule has 2 rings (SSSR count). The molecule has 0 saturated carbocycles. The highest BCUT2D eigenvalue weighted by molar-refractivity contribution is 6.42. The van der Waals surface area contributed by atoms with Gasteiger partial charge in [0.15, 0.2) is 0 Å². The third-order valence-electron chi connectivity index (χ3n) is 3.64. The summed E-state index contributed by atoms with van der Waals surface area (Å²) in [7, 11) is 0. The van der Waals surface area contributed by atoms with Crippen LogP contribution < -0.4 is 10.6 Å². The van der Waals surface area contributed by atoms with E-state index in [1.807, 2.05) is 24.3 Å². The van der Waals surface area contributed by atoms with E-state index in [4.69, 9.17) is 28.3 Å². The maximum atomic E-state index is 11.7. The molecule has 2 amide bonds. The zero-order valence-electron chi connectivity index (χ0n) is 12.2. The van der Waals surface area contributed by atoms with Crippen molar-refractivity contribution in [1.29, 1.82) is 0 Å². The molecule has 3 N–H and O–H groups in total. The zero-order valence-corrected chi connectivity index (χ0v) is 13.7. The van der Waals surface area contributed by atoms with Crippen LogP contribution in [0.3, 0.4) is 0 Å². The first kappa shape index (κ1) is 17.1. The molecular weight excluding hydrogens is 323 g/mol.